The number of piperidine rings is 1. The summed E-state index contributed by atoms with van der Waals surface area (Å²) in [5, 5.41) is 6.72. The van der Waals surface area contributed by atoms with Crippen LogP contribution < -0.4 is 10.6 Å². The molecular formula is C16H27N3O2. The van der Waals surface area contributed by atoms with Crippen LogP contribution in [-0.2, 0) is 9.59 Å². The summed E-state index contributed by atoms with van der Waals surface area (Å²) in [6.07, 6.45) is 7.88. The first-order valence-corrected chi connectivity index (χ1v) is 8.45. The summed E-state index contributed by atoms with van der Waals surface area (Å²) in [5.41, 5.74) is 0. The van der Waals surface area contributed by atoms with Crippen molar-refractivity contribution in [1.82, 2.24) is 15.5 Å². The molecule has 3 aliphatic rings. The number of hydrogen-bond acceptors (Lipinski definition) is 3. The SMILES string of the molecule is CC(=O)N1CCC(NC(=O)C2CC3CCCCC3N2)CC1. The van der Waals surface area contributed by atoms with Crippen LogP contribution in [-0.4, -0.2) is 47.9 Å². The van der Waals surface area contributed by atoms with Crippen molar-refractivity contribution in [3.8, 4) is 0 Å². The molecular weight excluding hydrogens is 266 g/mol. The van der Waals surface area contributed by atoms with E-state index in [1.807, 2.05) is 4.90 Å². The van der Waals surface area contributed by atoms with E-state index in [1.54, 1.807) is 6.92 Å². The highest BCUT2D eigenvalue weighted by Gasteiger charge is 2.38. The Bertz CT molecular complexity index is 390. The lowest BCUT2D eigenvalue weighted by atomic mass is 9.85. The lowest BCUT2D eigenvalue weighted by molar-refractivity contribution is -0.130. The van der Waals surface area contributed by atoms with Crippen LogP contribution in [0.1, 0.15) is 51.9 Å². The quantitative estimate of drug-likeness (QED) is 0.799. The number of fused-ring (bicyclic) bond motifs is 1. The minimum atomic E-state index is 0.00365. The van der Waals surface area contributed by atoms with Crippen LogP contribution in [0, 0.1) is 5.92 Å². The number of likely N-dealkylation sites (tertiary alicyclic amines) is 1. The van der Waals surface area contributed by atoms with E-state index in [2.05, 4.69) is 10.6 Å². The predicted molar refractivity (Wildman–Crippen MR) is 80.7 cm³/mol. The van der Waals surface area contributed by atoms with E-state index in [0.29, 0.717) is 12.0 Å². The first-order chi connectivity index (χ1) is 10.1. The first-order valence-electron chi connectivity index (χ1n) is 8.45. The van der Waals surface area contributed by atoms with Crippen molar-refractivity contribution in [3.05, 3.63) is 0 Å². The van der Waals surface area contributed by atoms with Crippen LogP contribution in [0.3, 0.4) is 0 Å². The maximum Gasteiger partial charge on any atom is 0.237 e. The van der Waals surface area contributed by atoms with Crippen LogP contribution in [0.25, 0.3) is 0 Å². The van der Waals surface area contributed by atoms with Gasteiger partial charge in [-0.2, -0.15) is 0 Å². The molecule has 3 rings (SSSR count). The molecule has 0 aromatic rings. The molecule has 2 heterocycles. The second-order valence-corrected chi connectivity index (χ2v) is 6.89. The fourth-order valence-corrected chi connectivity index (χ4v) is 4.16. The zero-order valence-electron chi connectivity index (χ0n) is 12.9. The van der Waals surface area contributed by atoms with E-state index in [-0.39, 0.29) is 23.9 Å². The number of hydrogen-bond donors (Lipinski definition) is 2. The number of rotatable bonds is 2. The van der Waals surface area contributed by atoms with Crippen molar-refractivity contribution in [3.63, 3.8) is 0 Å². The summed E-state index contributed by atoms with van der Waals surface area (Å²) in [6, 6.07) is 0.801. The summed E-state index contributed by atoms with van der Waals surface area (Å²) in [6.45, 7) is 3.15. The molecule has 3 unspecified atom stereocenters. The molecule has 0 bridgehead atoms. The highest BCUT2D eigenvalue weighted by Crippen LogP contribution is 2.33. The standard InChI is InChI=1S/C16H27N3O2/c1-11(20)19-8-6-13(7-9-19)17-16(21)15-10-12-4-2-3-5-14(12)18-15/h12-15,18H,2-10H2,1H3,(H,17,21). The highest BCUT2D eigenvalue weighted by atomic mass is 16.2. The summed E-state index contributed by atoms with van der Waals surface area (Å²) >= 11 is 0. The molecule has 2 N–H and O–H groups in total. The van der Waals surface area contributed by atoms with Gasteiger partial charge in [-0.3, -0.25) is 9.59 Å². The Balaban J connectivity index is 1.46. The van der Waals surface area contributed by atoms with E-state index < -0.39 is 0 Å². The zero-order valence-corrected chi connectivity index (χ0v) is 12.9. The number of nitrogens with one attached hydrogen (secondary N) is 2. The molecule has 0 aromatic heterocycles. The Morgan fingerprint density at radius 3 is 2.48 bits per heavy atom. The monoisotopic (exact) mass is 293 g/mol. The minimum absolute atomic E-state index is 0.00365. The maximum absolute atomic E-state index is 12.4. The average molecular weight is 293 g/mol. The van der Waals surface area contributed by atoms with E-state index in [4.69, 9.17) is 0 Å². The minimum Gasteiger partial charge on any atom is -0.352 e. The molecule has 3 fully saturated rings. The molecule has 2 aliphatic heterocycles. The molecule has 0 radical (unpaired) electrons. The van der Waals surface area contributed by atoms with Gasteiger partial charge in [0.05, 0.1) is 6.04 Å². The summed E-state index contributed by atoms with van der Waals surface area (Å²) in [7, 11) is 0. The predicted octanol–water partition coefficient (Wildman–Crippen LogP) is 1.03. The lowest BCUT2D eigenvalue weighted by Gasteiger charge is -2.32. The van der Waals surface area contributed by atoms with Crippen molar-refractivity contribution in [1.29, 1.82) is 0 Å². The topological polar surface area (TPSA) is 61.4 Å². The largest absolute Gasteiger partial charge is 0.352 e. The van der Waals surface area contributed by atoms with E-state index in [9.17, 15) is 9.59 Å². The molecule has 3 atom stereocenters. The Morgan fingerprint density at radius 1 is 1.10 bits per heavy atom. The fourth-order valence-electron chi connectivity index (χ4n) is 4.16. The number of carbonyl (C=O) groups is 2. The van der Waals surface area contributed by atoms with Crippen LogP contribution in [0.5, 0.6) is 0 Å². The van der Waals surface area contributed by atoms with Gasteiger partial charge in [0.2, 0.25) is 11.8 Å². The Morgan fingerprint density at radius 2 is 1.81 bits per heavy atom. The van der Waals surface area contributed by atoms with Crippen LogP contribution in [0.2, 0.25) is 0 Å². The molecule has 1 saturated carbocycles. The van der Waals surface area contributed by atoms with Crippen LogP contribution in [0.4, 0.5) is 0 Å². The molecule has 1 aliphatic carbocycles. The van der Waals surface area contributed by atoms with E-state index in [1.165, 1.54) is 25.7 Å². The van der Waals surface area contributed by atoms with Crippen molar-refractivity contribution in [2.24, 2.45) is 5.92 Å². The molecule has 0 aromatic carbocycles. The second kappa shape index (κ2) is 6.34. The smallest absolute Gasteiger partial charge is 0.237 e. The Hall–Kier alpha value is -1.10. The lowest BCUT2D eigenvalue weighted by Crippen LogP contribution is -2.50. The van der Waals surface area contributed by atoms with Gasteiger partial charge in [0.25, 0.3) is 0 Å². The van der Waals surface area contributed by atoms with Gasteiger partial charge in [0.15, 0.2) is 0 Å². The van der Waals surface area contributed by atoms with Gasteiger partial charge in [-0.05, 0) is 38.0 Å². The third kappa shape index (κ3) is 3.39. The fraction of sp³-hybridized carbons (Fsp3) is 0.875. The molecule has 2 saturated heterocycles. The van der Waals surface area contributed by atoms with Crippen molar-refractivity contribution >= 4 is 11.8 Å². The molecule has 21 heavy (non-hydrogen) atoms. The summed E-state index contributed by atoms with van der Waals surface area (Å²) < 4.78 is 0. The maximum atomic E-state index is 12.4. The zero-order chi connectivity index (χ0) is 14.8. The van der Waals surface area contributed by atoms with Crippen LogP contribution in [0.15, 0.2) is 0 Å². The number of carbonyl (C=O) groups excluding carboxylic acids is 2. The summed E-state index contributed by atoms with van der Waals surface area (Å²) in [4.78, 5) is 25.6. The molecule has 0 spiro atoms. The molecule has 118 valence electrons. The first kappa shape index (κ1) is 14.8. The average Bonchev–Trinajstić information content (AvgIpc) is 2.92. The molecule has 5 nitrogen and oxygen atoms in total. The van der Waals surface area contributed by atoms with Crippen molar-refractivity contribution in [2.75, 3.05) is 13.1 Å². The molecule has 2 amide bonds. The van der Waals surface area contributed by atoms with Gasteiger partial charge < -0.3 is 15.5 Å². The Labute approximate surface area is 126 Å². The van der Waals surface area contributed by atoms with E-state index >= 15 is 0 Å². The van der Waals surface area contributed by atoms with Gasteiger partial charge >= 0.3 is 0 Å². The number of nitrogens with zero attached hydrogens (tertiary/aromatic N) is 1. The van der Waals surface area contributed by atoms with E-state index in [0.717, 1.165) is 32.4 Å². The van der Waals surface area contributed by atoms with Crippen molar-refractivity contribution in [2.45, 2.75) is 70.0 Å². The molecule has 5 heteroatoms. The second-order valence-electron chi connectivity index (χ2n) is 6.89. The highest BCUT2D eigenvalue weighted by molar-refractivity contribution is 5.82. The van der Waals surface area contributed by atoms with Gasteiger partial charge in [0.1, 0.15) is 0 Å². The summed E-state index contributed by atoms with van der Waals surface area (Å²) in [5.74, 6) is 1.01. The normalized spacial score (nSPS) is 33.6. The third-order valence-corrected chi connectivity index (χ3v) is 5.47. The van der Waals surface area contributed by atoms with Gasteiger partial charge in [-0.25, -0.2) is 0 Å². The van der Waals surface area contributed by atoms with Crippen molar-refractivity contribution < 1.29 is 9.59 Å². The van der Waals surface area contributed by atoms with Gasteiger partial charge in [0, 0.05) is 32.1 Å². The van der Waals surface area contributed by atoms with Gasteiger partial charge in [-0.15, -0.1) is 0 Å². The van der Waals surface area contributed by atoms with Gasteiger partial charge in [-0.1, -0.05) is 12.8 Å². The van der Waals surface area contributed by atoms with Crippen LogP contribution >= 0.6 is 0 Å². The Kier molecular flexibility index (Phi) is 4.48. The third-order valence-electron chi connectivity index (χ3n) is 5.47. The number of amides is 2.